The van der Waals surface area contributed by atoms with Gasteiger partial charge < -0.3 is 4.90 Å². The molecule has 138 valence electrons. The van der Waals surface area contributed by atoms with Crippen LogP contribution in [-0.2, 0) is 12.7 Å². The third-order valence-corrected chi connectivity index (χ3v) is 4.43. The summed E-state index contributed by atoms with van der Waals surface area (Å²) in [6.07, 6.45) is -4.33. The number of piperazine rings is 1. The predicted octanol–water partition coefficient (Wildman–Crippen LogP) is 3.37. The highest BCUT2D eigenvalue weighted by molar-refractivity contribution is 5.92. The zero-order valence-electron chi connectivity index (χ0n) is 14.5. The van der Waals surface area contributed by atoms with Gasteiger partial charge in [-0.1, -0.05) is 24.3 Å². The van der Waals surface area contributed by atoms with Crippen LogP contribution in [0.4, 0.5) is 13.2 Å². The van der Waals surface area contributed by atoms with Gasteiger partial charge in [0.1, 0.15) is 5.69 Å². The lowest BCUT2D eigenvalue weighted by molar-refractivity contribution is -0.137. The highest BCUT2D eigenvalue weighted by Crippen LogP contribution is 2.29. The van der Waals surface area contributed by atoms with E-state index in [0.29, 0.717) is 44.0 Å². The number of rotatable bonds is 3. The molecular formula is C19H20F3N3O. The van der Waals surface area contributed by atoms with Gasteiger partial charge in [-0.15, -0.1) is 0 Å². The lowest BCUT2D eigenvalue weighted by Crippen LogP contribution is -2.48. The fourth-order valence-electron chi connectivity index (χ4n) is 3.04. The van der Waals surface area contributed by atoms with Crippen molar-refractivity contribution in [3.63, 3.8) is 0 Å². The van der Waals surface area contributed by atoms with Crippen molar-refractivity contribution in [3.05, 3.63) is 65.0 Å². The summed E-state index contributed by atoms with van der Waals surface area (Å²) in [4.78, 5) is 20.5. The van der Waals surface area contributed by atoms with Crippen LogP contribution in [0, 0.1) is 6.92 Å². The molecule has 1 saturated heterocycles. The molecule has 0 saturated carbocycles. The van der Waals surface area contributed by atoms with Crippen molar-refractivity contribution in [2.24, 2.45) is 0 Å². The molecule has 1 aliphatic rings. The molecule has 0 unspecified atom stereocenters. The Morgan fingerprint density at radius 3 is 2.42 bits per heavy atom. The number of carbonyl (C=O) groups excluding carboxylic acids is 1. The van der Waals surface area contributed by atoms with Gasteiger partial charge in [0.25, 0.3) is 5.91 Å². The standard InChI is InChI=1S/C19H20F3N3O/c1-14-4-2-7-17(23-14)18(26)25-10-8-24(9-11-25)13-15-5-3-6-16(12-15)19(20,21)22/h2-7,12H,8-11,13H2,1H3. The summed E-state index contributed by atoms with van der Waals surface area (Å²) < 4.78 is 38.4. The van der Waals surface area contributed by atoms with Crippen molar-refractivity contribution in [2.75, 3.05) is 26.2 Å². The highest BCUT2D eigenvalue weighted by atomic mass is 19.4. The summed E-state index contributed by atoms with van der Waals surface area (Å²) in [5.74, 6) is -0.104. The average molecular weight is 363 g/mol. The fraction of sp³-hybridized carbons (Fsp3) is 0.368. The number of halogens is 3. The molecule has 1 aromatic heterocycles. The highest BCUT2D eigenvalue weighted by Gasteiger charge is 2.30. The quantitative estimate of drug-likeness (QED) is 0.839. The topological polar surface area (TPSA) is 36.4 Å². The molecule has 26 heavy (non-hydrogen) atoms. The summed E-state index contributed by atoms with van der Waals surface area (Å²) in [6.45, 7) is 4.58. The molecule has 1 aromatic carbocycles. The molecule has 0 radical (unpaired) electrons. The molecule has 0 bridgehead atoms. The van der Waals surface area contributed by atoms with Crippen molar-refractivity contribution < 1.29 is 18.0 Å². The molecule has 7 heteroatoms. The van der Waals surface area contributed by atoms with Crippen LogP contribution >= 0.6 is 0 Å². The van der Waals surface area contributed by atoms with E-state index < -0.39 is 11.7 Å². The monoisotopic (exact) mass is 363 g/mol. The van der Waals surface area contributed by atoms with Gasteiger partial charge in [0.2, 0.25) is 0 Å². The largest absolute Gasteiger partial charge is 0.416 e. The molecule has 4 nitrogen and oxygen atoms in total. The van der Waals surface area contributed by atoms with Gasteiger partial charge in [0.05, 0.1) is 5.56 Å². The zero-order valence-corrected chi connectivity index (χ0v) is 14.5. The van der Waals surface area contributed by atoms with E-state index in [1.54, 1.807) is 23.1 Å². The van der Waals surface area contributed by atoms with Gasteiger partial charge in [0.15, 0.2) is 0 Å². The van der Waals surface area contributed by atoms with Crippen LogP contribution in [0.3, 0.4) is 0 Å². The number of carbonyl (C=O) groups is 1. The van der Waals surface area contributed by atoms with E-state index in [4.69, 9.17) is 0 Å². The summed E-state index contributed by atoms with van der Waals surface area (Å²) in [6, 6.07) is 10.7. The molecule has 1 fully saturated rings. The first kappa shape index (κ1) is 18.4. The number of alkyl halides is 3. The van der Waals surface area contributed by atoms with Crippen molar-refractivity contribution >= 4 is 5.91 Å². The molecule has 0 aliphatic carbocycles. The van der Waals surface area contributed by atoms with Gasteiger partial charge in [-0.3, -0.25) is 9.69 Å². The SMILES string of the molecule is Cc1cccc(C(=O)N2CCN(Cc3cccc(C(F)(F)F)c3)CC2)n1. The predicted molar refractivity (Wildman–Crippen MR) is 91.6 cm³/mol. The second kappa shape index (κ2) is 7.45. The maximum atomic E-state index is 12.8. The van der Waals surface area contributed by atoms with Crippen LogP contribution in [0.25, 0.3) is 0 Å². The number of hydrogen-bond donors (Lipinski definition) is 0. The second-order valence-corrected chi connectivity index (χ2v) is 6.43. The van der Waals surface area contributed by atoms with Crippen molar-refractivity contribution in [1.29, 1.82) is 0 Å². The Kier molecular flexibility index (Phi) is 5.27. The van der Waals surface area contributed by atoms with E-state index in [1.807, 2.05) is 13.0 Å². The fourth-order valence-corrected chi connectivity index (χ4v) is 3.04. The Balaban J connectivity index is 1.58. The smallest absolute Gasteiger partial charge is 0.335 e. The Morgan fingerprint density at radius 2 is 1.77 bits per heavy atom. The van der Waals surface area contributed by atoms with Crippen molar-refractivity contribution in [2.45, 2.75) is 19.6 Å². The summed E-state index contributed by atoms with van der Waals surface area (Å²) in [7, 11) is 0. The minimum absolute atomic E-state index is 0.104. The van der Waals surface area contributed by atoms with Crippen LogP contribution in [0.1, 0.15) is 27.3 Å². The van der Waals surface area contributed by atoms with Gasteiger partial charge >= 0.3 is 6.18 Å². The first-order chi connectivity index (χ1) is 12.3. The molecule has 1 amide bonds. The third-order valence-electron chi connectivity index (χ3n) is 4.43. The normalized spacial score (nSPS) is 15.9. The summed E-state index contributed by atoms with van der Waals surface area (Å²) in [5.41, 5.74) is 1.21. The molecule has 0 spiro atoms. The van der Waals surface area contributed by atoms with E-state index in [9.17, 15) is 18.0 Å². The maximum absolute atomic E-state index is 12.8. The van der Waals surface area contributed by atoms with E-state index >= 15 is 0 Å². The van der Waals surface area contributed by atoms with Gasteiger partial charge in [-0.25, -0.2) is 4.98 Å². The minimum atomic E-state index is -4.33. The van der Waals surface area contributed by atoms with Gasteiger partial charge in [-0.05, 0) is 30.7 Å². The van der Waals surface area contributed by atoms with Crippen LogP contribution in [0.5, 0.6) is 0 Å². The van der Waals surface area contributed by atoms with Gasteiger partial charge in [-0.2, -0.15) is 13.2 Å². The molecular weight excluding hydrogens is 343 g/mol. The Labute approximate surface area is 150 Å². The van der Waals surface area contributed by atoms with E-state index in [1.165, 1.54) is 12.1 Å². The molecule has 2 aromatic rings. The number of aromatic nitrogens is 1. The zero-order chi connectivity index (χ0) is 18.7. The molecule has 0 atom stereocenters. The number of amides is 1. The number of hydrogen-bond acceptors (Lipinski definition) is 3. The number of aryl methyl sites for hydroxylation is 1. The first-order valence-electron chi connectivity index (χ1n) is 8.44. The Morgan fingerprint density at radius 1 is 1.08 bits per heavy atom. The van der Waals surface area contributed by atoms with Crippen LogP contribution < -0.4 is 0 Å². The lowest BCUT2D eigenvalue weighted by Gasteiger charge is -2.34. The Hall–Kier alpha value is -2.41. The van der Waals surface area contributed by atoms with Gasteiger partial charge in [0, 0.05) is 38.4 Å². The van der Waals surface area contributed by atoms with Crippen LogP contribution in [0.15, 0.2) is 42.5 Å². The lowest BCUT2D eigenvalue weighted by atomic mass is 10.1. The number of benzene rings is 1. The van der Waals surface area contributed by atoms with Crippen LogP contribution in [-0.4, -0.2) is 46.9 Å². The van der Waals surface area contributed by atoms with E-state index in [2.05, 4.69) is 9.88 Å². The Bertz CT molecular complexity index is 784. The number of pyridine rings is 1. The third kappa shape index (κ3) is 4.40. The summed E-state index contributed by atoms with van der Waals surface area (Å²) in [5, 5.41) is 0. The molecule has 3 rings (SSSR count). The number of nitrogens with zero attached hydrogens (tertiary/aromatic N) is 3. The van der Waals surface area contributed by atoms with E-state index in [-0.39, 0.29) is 5.91 Å². The molecule has 2 heterocycles. The van der Waals surface area contributed by atoms with Crippen LogP contribution in [0.2, 0.25) is 0 Å². The molecule has 0 N–H and O–H groups in total. The minimum Gasteiger partial charge on any atom is -0.335 e. The maximum Gasteiger partial charge on any atom is 0.416 e. The first-order valence-corrected chi connectivity index (χ1v) is 8.44. The molecule has 1 aliphatic heterocycles. The average Bonchev–Trinajstić information content (AvgIpc) is 2.61. The van der Waals surface area contributed by atoms with Crippen molar-refractivity contribution in [3.8, 4) is 0 Å². The summed E-state index contributed by atoms with van der Waals surface area (Å²) >= 11 is 0. The van der Waals surface area contributed by atoms with E-state index in [0.717, 1.165) is 11.8 Å². The van der Waals surface area contributed by atoms with Crippen molar-refractivity contribution in [1.82, 2.24) is 14.8 Å². The second-order valence-electron chi connectivity index (χ2n) is 6.43.